The van der Waals surface area contributed by atoms with Crippen LogP contribution in [-0.4, -0.2) is 28.6 Å². The van der Waals surface area contributed by atoms with E-state index >= 15 is 0 Å². The van der Waals surface area contributed by atoms with E-state index in [1.54, 1.807) is 0 Å². The van der Waals surface area contributed by atoms with E-state index in [1.807, 2.05) is 24.3 Å². The summed E-state index contributed by atoms with van der Waals surface area (Å²) >= 11 is 0. The summed E-state index contributed by atoms with van der Waals surface area (Å²) in [4.78, 5) is 13.7. The van der Waals surface area contributed by atoms with Crippen molar-refractivity contribution < 1.29 is 14.3 Å². The number of carboxylic acids is 1. The molecule has 0 radical (unpaired) electrons. The number of rotatable bonds is 3. The van der Waals surface area contributed by atoms with E-state index < -0.39 is 5.97 Å². The molecule has 0 aliphatic carbocycles. The lowest BCUT2D eigenvalue weighted by Gasteiger charge is -2.20. The number of hydrogen-bond acceptors (Lipinski definition) is 3. The van der Waals surface area contributed by atoms with Crippen LogP contribution in [0.4, 0.5) is 0 Å². The molecule has 1 aromatic carbocycles. The van der Waals surface area contributed by atoms with Gasteiger partial charge in [0, 0.05) is 30.1 Å². The predicted molar refractivity (Wildman–Crippen MR) is 76.8 cm³/mol. The Bertz CT molecular complexity index is 646. The first-order chi connectivity index (χ1) is 9.56. The van der Waals surface area contributed by atoms with Gasteiger partial charge in [0.25, 0.3) is 0 Å². The molecule has 1 fully saturated rings. The average Bonchev–Trinajstić information content (AvgIpc) is 2.91. The Morgan fingerprint density at radius 1 is 1.40 bits per heavy atom. The minimum absolute atomic E-state index is 0.0814. The molecule has 1 N–H and O–H groups in total. The summed E-state index contributed by atoms with van der Waals surface area (Å²) < 4.78 is 5.51. The van der Waals surface area contributed by atoms with E-state index in [-0.39, 0.29) is 5.76 Å². The molecule has 1 aliphatic heterocycles. The molecular formula is C16H19NO3. The summed E-state index contributed by atoms with van der Waals surface area (Å²) in [7, 11) is 0. The van der Waals surface area contributed by atoms with Gasteiger partial charge in [-0.3, -0.25) is 4.90 Å². The molecule has 2 aromatic rings. The van der Waals surface area contributed by atoms with Crippen LogP contribution >= 0.6 is 0 Å². The number of likely N-dealkylation sites (tertiary alicyclic amines) is 1. The van der Waals surface area contributed by atoms with Gasteiger partial charge in [0.15, 0.2) is 0 Å². The van der Waals surface area contributed by atoms with Crippen LogP contribution in [0.5, 0.6) is 0 Å². The maximum Gasteiger partial charge on any atom is 0.372 e. The normalized spacial score (nSPS) is 23.5. The third-order valence-electron chi connectivity index (χ3n) is 4.17. The number of furan rings is 1. The molecule has 0 bridgehead atoms. The lowest BCUT2D eigenvalue weighted by Crippen LogP contribution is -2.27. The van der Waals surface area contributed by atoms with E-state index in [4.69, 9.17) is 4.42 Å². The minimum atomic E-state index is -0.990. The highest BCUT2D eigenvalue weighted by molar-refractivity contribution is 5.95. The highest BCUT2D eigenvalue weighted by Gasteiger charge is 2.29. The van der Waals surface area contributed by atoms with Gasteiger partial charge in [-0.15, -0.1) is 0 Å². The fourth-order valence-electron chi connectivity index (χ4n) is 3.24. The van der Waals surface area contributed by atoms with Crippen LogP contribution in [0, 0.1) is 5.92 Å². The van der Waals surface area contributed by atoms with Crippen molar-refractivity contribution in [3.8, 4) is 0 Å². The lowest BCUT2D eigenvalue weighted by molar-refractivity contribution is 0.0661. The van der Waals surface area contributed by atoms with Crippen molar-refractivity contribution in [1.29, 1.82) is 0 Å². The second-order valence-corrected chi connectivity index (χ2v) is 5.83. The second kappa shape index (κ2) is 4.94. The number of carboxylic acid groups (broad SMARTS) is 1. The first-order valence-corrected chi connectivity index (χ1v) is 7.04. The van der Waals surface area contributed by atoms with Gasteiger partial charge >= 0.3 is 5.97 Å². The standard InChI is InChI=1S/C16H19NO3/c1-10-7-11(2)17(8-10)9-13-12-5-3-4-6-14(12)20-15(13)16(18)19/h3-6,10-11H,7-9H2,1-2H3,(H,18,19). The lowest BCUT2D eigenvalue weighted by atomic mass is 10.1. The maximum atomic E-state index is 11.4. The quantitative estimate of drug-likeness (QED) is 0.931. The summed E-state index contributed by atoms with van der Waals surface area (Å²) in [6.45, 7) is 6.10. The van der Waals surface area contributed by atoms with Crippen LogP contribution in [-0.2, 0) is 6.54 Å². The van der Waals surface area contributed by atoms with Crippen molar-refractivity contribution in [2.45, 2.75) is 32.9 Å². The monoisotopic (exact) mass is 273 g/mol. The average molecular weight is 273 g/mol. The van der Waals surface area contributed by atoms with E-state index in [2.05, 4.69) is 18.7 Å². The predicted octanol–water partition coefficient (Wildman–Crippen LogP) is 3.36. The van der Waals surface area contributed by atoms with Crippen molar-refractivity contribution in [3.05, 3.63) is 35.6 Å². The summed E-state index contributed by atoms with van der Waals surface area (Å²) in [6.07, 6.45) is 1.16. The van der Waals surface area contributed by atoms with Crippen molar-refractivity contribution in [2.75, 3.05) is 6.54 Å². The summed E-state index contributed by atoms with van der Waals surface area (Å²) in [6, 6.07) is 8.02. The van der Waals surface area contributed by atoms with Gasteiger partial charge < -0.3 is 9.52 Å². The highest BCUT2D eigenvalue weighted by Crippen LogP contribution is 2.30. The number of nitrogens with zero attached hydrogens (tertiary/aromatic N) is 1. The molecule has 1 saturated heterocycles. The maximum absolute atomic E-state index is 11.4. The second-order valence-electron chi connectivity index (χ2n) is 5.83. The fourth-order valence-corrected chi connectivity index (χ4v) is 3.24. The van der Waals surface area contributed by atoms with Gasteiger partial charge in [-0.2, -0.15) is 0 Å². The Morgan fingerprint density at radius 3 is 2.80 bits per heavy atom. The first-order valence-electron chi connectivity index (χ1n) is 7.04. The van der Waals surface area contributed by atoms with E-state index in [0.717, 1.165) is 23.9 Å². The molecule has 0 saturated carbocycles. The molecule has 1 aliphatic rings. The smallest absolute Gasteiger partial charge is 0.372 e. The highest BCUT2D eigenvalue weighted by atomic mass is 16.4. The fraction of sp³-hybridized carbons (Fsp3) is 0.438. The summed E-state index contributed by atoms with van der Waals surface area (Å²) in [5, 5.41) is 10.3. The molecule has 0 spiro atoms. The van der Waals surface area contributed by atoms with Crippen LogP contribution in [0.2, 0.25) is 0 Å². The Morgan fingerprint density at radius 2 is 2.15 bits per heavy atom. The van der Waals surface area contributed by atoms with Crippen molar-refractivity contribution in [1.82, 2.24) is 4.90 Å². The van der Waals surface area contributed by atoms with Crippen LogP contribution in [0.1, 0.15) is 36.4 Å². The Hall–Kier alpha value is -1.81. The van der Waals surface area contributed by atoms with Gasteiger partial charge in [0.1, 0.15) is 5.58 Å². The number of para-hydroxylation sites is 1. The molecule has 106 valence electrons. The number of fused-ring (bicyclic) bond motifs is 1. The minimum Gasteiger partial charge on any atom is -0.475 e. The molecule has 0 amide bonds. The largest absolute Gasteiger partial charge is 0.475 e. The zero-order valence-electron chi connectivity index (χ0n) is 11.8. The van der Waals surface area contributed by atoms with Crippen molar-refractivity contribution >= 4 is 16.9 Å². The Kier molecular flexibility index (Phi) is 3.26. The zero-order valence-corrected chi connectivity index (χ0v) is 11.8. The Labute approximate surface area is 118 Å². The third-order valence-corrected chi connectivity index (χ3v) is 4.17. The molecule has 2 unspecified atom stereocenters. The molecule has 20 heavy (non-hydrogen) atoms. The van der Waals surface area contributed by atoms with Gasteiger partial charge in [-0.05, 0) is 25.3 Å². The van der Waals surface area contributed by atoms with Crippen molar-refractivity contribution in [2.24, 2.45) is 5.92 Å². The van der Waals surface area contributed by atoms with Crippen LogP contribution < -0.4 is 0 Å². The van der Waals surface area contributed by atoms with Crippen molar-refractivity contribution in [3.63, 3.8) is 0 Å². The van der Waals surface area contributed by atoms with Gasteiger partial charge in [-0.25, -0.2) is 4.79 Å². The number of benzene rings is 1. The van der Waals surface area contributed by atoms with Gasteiger partial charge in [0.05, 0.1) is 0 Å². The molecule has 2 heterocycles. The molecule has 2 atom stereocenters. The summed E-state index contributed by atoms with van der Waals surface area (Å²) in [5.41, 5.74) is 1.45. The van der Waals surface area contributed by atoms with E-state index in [0.29, 0.717) is 24.1 Å². The molecular weight excluding hydrogens is 254 g/mol. The number of carbonyl (C=O) groups is 1. The van der Waals surface area contributed by atoms with E-state index in [1.165, 1.54) is 0 Å². The molecule has 4 heteroatoms. The van der Waals surface area contributed by atoms with Gasteiger partial charge in [-0.1, -0.05) is 25.1 Å². The van der Waals surface area contributed by atoms with Crippen LogP contribution in [0.3, 0.4) is 0 Å². The zero-order chi connectivity index (χ0) is 14.3. The molecule has 1 aromatic heterocycles. The molecule has 4 nitrogen and oxygen atoms in total. The number of hydrogen-bond donors (Lipinski definition) is 1. The SMILES string of the molecule is CC1CC(C)N(Cc2c(C(=O)O)oc3ccccc23)C1. The topological polar surface area (TPSA) is 53.7 Å². The first kappa shape index (κ1) is 13.2. The van der Waals surface area contributed by atoms with Crippen LogP contribution in [0.15, 0.2) is 28.7 Å². The third kappa shape index (κ3) is 2.20. The van der Waals surface area contributed by atoms with Gasteiger partial charge in [0.2, 0.25) is 5.76 Å². The van der Waals surface area contributed by atoms with Crippen LogP contribution in [0.25, 0.3) is 11.0 Å². The molecule has 3 rings (SSSR count). The van der Waals surface area contributed by atoms with E-state index in [9.17, 15) is 9.90 Å². The number of aromatic carboxylic acids is 1. The summed E-state index contributed by atoms with van der Waals surface area (Å²) in [5.74, 6) is -0.245. The Balaban J connectivity index is 2.01.